The Hall–Kier alpha value is -0.850. The fourth-order valence-electron chi connectivity index (χ4n) is 1.67. The molecule has 1 heterocycles. The fraction of sp³-hybridized carbons (Fsp3) is 0.231. The highest BCUT2D eigenvalue weighted by Gasteiger charge is 2.28. The van der Waals surface area contributed by atoms with Crippen LogP contribution in [0.3, 0.4) is 0 Å². The van der Waals surface area contributed by atoms with Gasteiger partial charge in [-0.05, 0) is 39.7 Å². The van der Waals surface area contributed by atoms with E-state index in [1.807, 2.05) is 43.3 Å². The summed E-state index contributed by atoms with van der Waals surface area (Å²) in [6, 6.07) is 6.00. The Balaban J connectivity index is 2.32. The molecule has 1 aliphatic rings. The number of carbonyl (C=O) groups is 1. The second-order valence-electron chi connectivity index (χ2n) is 4.35. The van der Waals surface area contributed by atoms with E-state index in [0.717, 1.165) is 15.7 Å². The van der Waals surface area contributed by atoms with Crippen molar-refractivity contribution in [2.45, 2.75) is 0 Å². The Morgan fingerprint density at radius 1 is 1.42 bits per heavy atom. The normalized spacial score (nSPS) is 17.5. The molecule has 1 aromatic carbocycles. The number of hydrogen-bond acceptors (Lipinski definition) is 4. The molecule has 19 heavy (non-hydrogen) atoms. The Labute approximate surface area is 130 Å². The van der Waals surface area contributed by atoms with Crippen molar-refractivity contribution in [3.63, 3.8) is 0 Å². The number of nitrogens with zero attached hydrogens (tertiary/aromatic N) is 2. The number of thiocarbonyl (C=S) groups is 1. The van der Waals surface area contributed by atoms with Gasteiger partial charge < -0.3 is 4.90 Å². The van der Waals surface area contributed by atoms with Gasteiger partial charge in [-0.1, -0.05) is 30.0 Å². The van der Waals surface area contributed by atoms with Gasteiger partial charge in [0.2, 0.25) is 0 Å². The topological polar surface area (TPSA) is 23.6 Å². The maximum absolute atomic E-state index is 11.9. The van der Waals surface area contributed by atoms with Crippen molar-refractivity contribution >= 4 is 61.9 Å². The molecule has 1 aromatic rings. The van der Waals surface area contributed by atoms with E-state index in [4.69, 9.17) is 12.2 Å². The van der Waals surface area contributed by atoms with Gasteiger partial charge in [-0.2, -0.15) is 0 Å². The molecular formula is C13H13BrN2OS2. The molecule has 0 saturated carbocycles. The van der Waals surface area contributed by atoms with Gasteiger partial charge in [-0.25, -0.2) is 0 Å². The molecule has 1 aliphatic heterocycles. The number of amides is 1. The first-order valence-corrected chi connectivity index (χ1v) is 7.60. The van der Waals surface area contributed by atoms with Gasteiger partial charge in [0.15, 0.2) is 0 Å². The standard InChI is InChI=1S/C13H13BrN2OS2/c1-15(2)10-5-4-8(6-9(10)14)7-11-12(17)16(3)13(18)19-11/h4-7H,1-3H3. The second kappa shape index (κ2) is 5.64. The number of halogens is 1. The summed E-state index contributed by atoms with van der Waals surface area (Å²) < 4.78 is 1.60. The van der Waals surface area contributed by atoms with E-state index in [9.17, 15) is 4.79 Å². The van der Waals surface area contributed by atoms with Gasteiger partial charge in [0.25, 0.3) is 5.91 Å². The van der Waals surface area contributed by atoms with Crippen molar-refractivity contribution < 1.29 is 4.79 Å². The predicted octanol–water partition coefficient (Wildman–Crippen LogP) is 3.35. The molecule has 6 heteroatoms. The van der Waals surface area contributed by atoms with Crippen molar-refractivity contribution in [2.24, 2.45) is 0 Å². The van der Waals surface area contributed by atoms with Crippen molar-refractivity contribution in [1.82, 2.24) is 4.90 Å². The third kappa shape index (κ3) is 3.01. The third-order valence-corrected chi connectivity index (χ3v) is 4.86. The SMILES string of the molecule is CN1C(=O)C(=Cc2ccc(N(C)C)c(Br)c2)SC1=S. The maximum atomic E-state index is 11.9. The molecule has 100 valence electrons. The number of thioether (sulfide) groups is 1. The van der Waals surface area contributed by atoms with Crippen molar-refractivity contribution in [1.29, 1.82) is 0 Å². The summed E-state index contributed by atoms with van der Waals surface area (Å²) in [6.45, 7) is 0. The van der Waals surface area contributed by atoms with Crippen molar-refractivity contribution in [3.05, 3.63) is 33.1 Å². The summed E-state index contributed by atoms with van der Waals surface area (Å²) in [6.07, 6.45) is 1.87. The lowest BCUT2D eigenvalue weighted by molar-refractivity contribution is -0.121. The monoisotopic (exact) mass is 356 g/mol. The minimum Gasteiger partial charge on any atom is -0.377 e. The number of rotatable bonds is 2. The smallest absolute Gasteiger partial charge is 0.265 e. The largest absolute Gasteiger partial charge is 0.377 e. The van der Waals surface area contributed by atoms with Crippen LogP contribution in [0.25, 0.3) is 6.08 Å². The minimum absolute atomic E-state index is 0.0391. The molecule has 0 aromatic heterocycles. The lowest BCUT2D eigenvalue weighted by Crippen LogP contribution is -2.22. The van der Waals surface area contributed by atoms with Crippen LogP contribution in [0.15, 0.2) is 27.6 Å². The molecule has 0 bridgehead atoms. The van der Waals surface area contributed by atoms with Gasteiger partial charge in [-0.3, -0.25) is 9.69 Å². The third-order valence-electron chi connectivity index (χ3n) is 2.74. The average Bonchev–Trinajstić information content (AvgIpc) is 2.57. The van der Waals surface area contributed by atoms with Crippen LogP contribution in [0, 0.1) is 0 Å². The second-order valence-corrected chi connectivity index (χ2v) is 6.88. The molecule has 0 aliphatic carbocycles. The molecule has 0 N–H and O–H groups in total. The van der Waals surface area contributed by atoms with Crippen LogP contribution in [0.4, 0.5) is 5.69 Å². The van der Waals surface area contributed by atoms with Crippen LogP contribution in [0.2, 0.25) is 0 Å². The van der Waals surface area contributed by atoms with E-state index >= 15 is 0 Å². The maximum Gasteiger partial charge on any atom is 0.265 e. The van der Waals surface area contributed by atoms with E-state index in [0.29, 0.717) is 9.23 Å². The van der Waals surface area contributed by atoms with Gasteiger partial charge >= 0.3 is 0 Å². The number of likely N-dealkylation sites (N-methyl/N-ethyl adjacent to an activating group) is 1. The van der Waals surface area contributed by atoms with Crippen LogP contribution in [-0.4, -0.2) is 36.3 Å². The number of anilines is 1. The van der Waals surface area contributed by atoms with Crippen LogP contribution in [-0.2, 0) is 4.79 Å². The minimum atomic E-state index is -0.0391. The van der Waals surface area contributed by atoms with Gasteiger partial charge in [-0.15, -0.1) is 0 Å². The molecule has 0 unspecified atom stereocenters. The Morgan fingerprint density at radius 3 is 2.58 bits per heavy atom. The Kier molecular flexibility index (Phi) is 4.32. The molecule has 0 radical (unpaired) electrons. The van der Waals surface area contributed by atoms with Crippen LogP contribution in [0.1, 0.15) is 5.56 Å². The highest BCUT2D eigenvalue weighted by atomic mass is 79.9. The summed E-state index contributed by atoms with van der Waals surface area (Å²) in [5, 5.41) is 0. The van der Waals surface area contributed by atoms with Gasteiger partial charge in [0, 0.05) is 25.6 Å². The summed E-state index contributed by atoms with van der Waals surface area (Å²) in [5.74, 6) is -0.0391. The van der Waals surface area contributed by atoms with Gasteiger partial charge in [0.05, 0.1) is 10.6 Å². The molecule has 1 saturated heterocycles. The number of carbonyl (C=O) groups excluding carboxylic acids is 1. The average molecular weight is 357 g/mol. The zero-order chi connectivity index (χ0) is 14.2. The Bertz CT molecular complexity index is 584. The molecule has 1 fully saturated rings. The molecule has 0 spiro atoms. The lowest BCUT2D eigenvalue weighted by atomic mass is 10.2. The highest BCUT2D eigenvalue weighted by Crippen LogP contribution is 2.33. The van der Waals surface area contributed by atoms with E-state index in [2.05, 4.69) is 15.9 Å². The predicted molar refractivity (Wildman–Crippen MR) is 89.4 cm³/mol. The first kappa shape index (κ1) is 14.6. The van der Waals surface area contributed by atoms with Crippen molar-refractivity contribution in [2.75, 3.05) is 26.0 Å². The zero-order valence-corrected chi connectivity index (χ0v) is 14.0. The van der Waals surface area contributed by atoms with E-state index < -0.39 is 0 Å². The quantitative estimate of drug-likeness (QED) is 0.598. The zero-order valence-electron chi connectivity index (χ0n) is 10.8. The highest BCUT2D eigenvalue weighted by molar-refractivity contribution is 9.10. The Morgan fingerprint density at radius 2 is 2.11 bits per heavy atom. The molecule has 1 amide bonds. The van der Waals surface area contributed by atoms with Crippen LogP contribution in [0.5, 0.6) is 0 Å². The molecule has 0 atom stereocenters. The molecule has 2 rings (SSSR count). The summed E-state index contributed by atoms with van der Waals surface area (Å²) in [7, 11) is 5.67. The summed E-state index contributed by atoms with van der Waals surface area (Å²) in [5.41, 5.74) is 2.08. The van der Waals surface area contributed by atoms with E-state index in [1.165, 1.54) is 16.7 Å². The summed E-state index contributed by atoms with van der Waals surface area (Å²) >= 11 is 9.98. The van der Waals surface area contributed by atoms with E-state index in [-0.39, 0.29) is 5.91 Å². The van der Waals surface area contributed by atoms with Crippen LogP contribution < -0.4 is 4.90 Å². The van der Waals surface area contributed by atoms with Crippen LogP contribution >= 0.6 is 39.9 Å². The number of benzene rings is 1. The molecular weight excluding hydrogens is 344 g/mol. The van der Waals surface area contributed by atoms with Crippen molar-refractivity contribution in [3.8, 4) is 0 Å². The first-order valence-electron chi connectivity index (χ1n) is 5.58. The summed E-state index contributed by atoms with van der Waals surface area (Å²) in [4.78, 5) is 16.1. The van der Waals surface area contributed by atoms with E-state index in [1.54, 1.807) is 7.05 Å². The van der Waals surface area contributed by atoms with Gasteiger partial charge in [0.1, 0.15) is 4.32 Å². The lowest BCUT2D eigenvalue weighted by Gasteiger charge is -2.14. The molecule has 3 nitrogen and oxygen atoms in total. The number of hydrogen-bond donors (Lipinski definition) is 0. The first-order chi connectivity index (χ1) is 8.90. The fourth-order valence-corrected chi connectivity index (χ4v) is 3.60.